The van der Waals surface area contributed by atoms with Gasteiger partial charge in [0, 0.05) is 6.61 Å². The van der Waals surface area contributed by atoms with Crippen LogP contribution < -0.4 is 10.4 Å². The van der Waals surface area contributed by atoms with Crippen LogP contribution in [0.4, 0.5) is 0 Å². The Balaban J connectivity index is 2.07. The third kappa shape index (κ3) is 6.07. The van der Waals surface area contributed by atoms with E-state index in [-0.39, 0.29) is 11.6 Å². The highest BCUT2D eigenvalue weighted by Crippen LogP contribution is 2.43. The topological polar surface area (TPSA) is 29.5 Å². The molecule has 0 aromatic heterocycles. The Morgan fingerprint density at radius 2 is 1.57 bits per heavy atom. The summed E-state index contributed by atoms with van der Waals surface area (Å²) >= 11 is 0. The van der Waals surface area contributed by atoms with Crippen LogP contribution in [0.3, 0.4) is 0 Å². The molecule has 0 spiro atoms. The molecule has 0 radical (unpaired) electrons. The SMILES string of the molecule is CC1=CC[C@H](C(C)C)[C@@H](CO[Si](c2ccccc2)(c2ccccc2)C(C)(C)C)[C@H]1C/C=C(\C)CO. The van der Waals surface area contributed by atoms with Gasteiger partial charge in [0.05, 0.1) is 6.61 Å². The van der Waals surface area contributed by atoms with E-state index in [1.165, 1.54) is 15.9 Å². The van der Waals surface area contributed by atoms with Gasteiger partial charge < -0.3 is 9.53 Å². The molecule has 2 aromatic rings. The Morgan fingerprint density at radius 3 is 2.03 bits per heavy atom. The highest BCUT2D eigenvalue weighted by Gasteiger charge is 2.51. The zero-order chi connectivity index (χ0) is 25.6. The van der Waals surface area contributed by atoms with E-state index in [0.29, 0.717) is 23.7 Å². The molecule has 3 rings (SSSR count). The quantitative estimate of drug-likeness (QED) is 0.311. The lowest BCUT2D eigenvalue weighted by atomic mass is 9.67. The van der Waals surface area contributed by atoms with Crippen molar-refractivity contribution in [1.82, 2.24) is 0 Å². The molecule has 0 saturated carbocycles. The van der Waals surface area contributed by atoms with E-state index in [9.17, 15) is 5.11 Å². The summed E-state index contributed by atoms with van der Waals surface area (Å²) in [4.78, 5) is 0. The third-order valence-corrected chi connectivity index (χ3v) is 13.1. The van der Waals surface area contributed by atoms with Crippen molar-refractivity contribution in [3.63, 3.8) is 0 Å². The van der Waals surface area contributed by atoms with Crippen LogP contribution in [0.2, 0.25) is 5.04 Å². The van der Waals surface area contributed by atoms with Crippen LogP contribution in [0.5, 0.6) is 0 Å². The zero-order valence-electron chi connectivity index (χ0n) is 22.9. The molecule has 0 bridgehead atoms. The molecule has 0 aliphatic heterocycles. The lowest BCUT2D eigenvalue weighted by molar-refractivity contribution is 0.108. The average Bonchev–Trinajstić information content (AvgIpc) is 2.84. The van der Waals surface area contributed by atoms with Gasteiger partial charge in [0.15, 0.2) is 0 Å². The molecule has 2 aromatic carbocycles. The van der Waals surface area contributed by atoms with Crippen molar-refractivity contribution in [2.75, 3.05) is 13.2 Å². The van der Waals surface area contributed by atoms with Crippen molar-refractivity contribution in [2.45, 2.75) is 66.3 Å². The van der Waals surface area contributed by atoms with Crippen molar-refractivity contribution in [1.29, 1.82) is 0 Å². The number of rotatable bonds is 9. The van der Waals surface area contributed by atoms with Crippen molar-refractivity contribution >= 4 is 18.7 Å². The Bertz CT molecular complexity index is 946. The summed E-state index contributed by atoms with van der Waals surface area (Å²) < 4.78 is 7.44. The fourth-order valence-electron chi connectivity index (χ4n) is 6.03. The minimum atomic E-state index is -2.58. The van der Waals surface area contributed by atoms with Crippen LogP contribution in [-0.4, -0.2) is 26.6 Å². The maximum absolute atomic E-state index is 9.59. The maximum Gasteiger partial charge on any atom is 0.261 e. The lowest BCUT2D eigenvalue weighted by Crippen LogP contribution is -2.67. The second-order valence-corrected chi connectivity index (χ2v) is 16.1. The molecule has 0 saturated heterocycles. The summed E-state index contributed by atoms with van der Waals surface area (Å²) in [6, 6.07) is 22.0. The van der Waals surface area contributed by atoms with E-state index in [1.54, 1.807) is 0 Å². The molecular formula is C32H46O2Si. The van der Waals surface area contributed by atoms with Crippen LogP contribution in [0, 0.1) is 23.7 Å². The van der Waals surface area contributed by atoms with Gasteiger partial charge in [-0.25, -0.2) is 0 Å². The summed E-state index contributed by atoms with van der Waals surface area (Å²) in [7, 11) is -2.58. The van der Waals surface area contributed by atoms with E-state index in [0.717, 1.165) is 25.0 Å². The zero-order valence-corrected chi connectivity index (χ0v) is 23.9. The summed E-state index contributed by atoms with van der Waals surface area (Å²) in [6.07, 6.45) is 6.78. The second-order valence-electron chi connectivity index (χ2n) is 11.8. The Kier molecular flexibility index (Phi) is 9.37. The summed E-state index contributed by atoms with van der Waals surface area (Å²) in [5.74, 6) is 2.07. The van der Waals surface area contributed by atoms with E-state index in [2.05, 4.69) is 114 Å². The molecule has 0 heterocycles. The Morgan fingerprint density at radius 1 is 1.03 bits per heavy atom. The lowest BCUT2D eigenvalue weighted by Gasteiger charge is -2.46. The van der Waals surface area contributed by atoms with Gasteiger partial charge >= 0.3 is 0 Å². The molecule has 35 heavy (non-hydrogen) atoms. The van der Waals surface area contributed by atoms with Gasteiger partial charge in [-0.15, -0.1) is 0 Å². The maximum atomic E-state index is 9.59. The normalized spacial score (nSPS) is 21.8. The van der Waals surface area contributed by atoms with E-state index < -0.39 is 8.32 Å². The fourth-order valence-corrected chi connectivity index (χ4v) is 10.6. The molecule has 0 unspecified atom stereocenters. The van der Waals surface area contributed by atoms with E-state index in [4.69, 9.17) is 4.43 Å². The van der Waals surface area contributed by atoms with Crippen LogP contribution >= 0.6 is 0 Å². The van der Waals surface area contributed by atoms with Crippen LogP contribution in [-0.2, 0) is 4.43 Å². The molecule has 0 amide bonds. The van der Waals surface area contributed by atoms with Gasteiger partial charge in [-0.3, -0.25) is 0 Å². The predicted octanol–water partition coefficient (Wildman–Crippen LogP) is 6.75. The summed E-state index contributed by atoms with van der Waals surface area (Å²) in [5, 5.41) is 12.2. The van der Waals surface area contributed by atoms with E-state index in [1.807, 2.05) is 6.92 Å². The Labute approximate surface area is 215 Å². The molecule has 3 heteroatoms. The largest absolute Gasteiger partial charge is 0.407 e. The first-order chi connectivity index (χ1) is 16.6. The highest BCUT2D eigenvalue weighted by atomic mass is 28.4. The smallest absolute Gasteiger partial charge is 0.261 e. The predicted molar refractivity (Wildman–Crippen MR) is 153 cm³/mol. The fraction of sp³-hybridized carbons (Fsp3) is 0.500. The highest BCUT2D eigenvalue weighted by molar-refractivity contribution is 6.99. The van der Waals surface area contributed by atoms with Gasteiger partial charge in [0.25, 0.3) is 8.32 Å². The van der Waals surface area contributed by atoms with Crippen molar-refractivity contribution in [3.8, 4) is 0 Å². The molecule has 1 N–H and O–H groups in total. The van der Waals surface area contributed by atoms with Gasteiger partial charge in [0.2, 0.25) is 0 Å². The van der Waals surface area contributed by atoms with Gasteiger partial charge in [0.1, 0.15) is 0 Å². The van der Waals surface area contributed by atoms with Gasteiger partial charge in [-0.1, -0.05) is 119 Å². The molecular weight excluding hydrogens is 444 g/mol. The minimum Gasteiger partial charge on any atom is -0.407 e. The number of hydrogen-bond donors (Lipinski definition) is 1. The number of aliphatic hydroxyl groups is 1. The number of hydrogen-bond acceptors (Lipinski definition) is 2. The standard InChI is InChI=1S/C32H46O2Si/c1-24(2)29-21-19-26(4)30(20-18-25(3)22-33)31(29)23-34-35(32(5,6)7,27-14-10-8-11-15-27)28-16-12-9-13-17-28/h8-19,24,29-31,33H,20-23H2,1-7H3/b25-18+/t29-,30+,31-/m1/s1. The number of allylic oxidation sites excluding steroid dienone is 3. The molecule has 3 atom stereocenters. The van der Waals surface area contributed by atoms with Crippen LogP contribution in [0.15, 0.2) is 84.0 Å². The second kappa shape index (κ2) is 11.9. The van der Waals surface area contributed by atoms with Gasteiger partial charge in [-0.05, 0) is 65.8 Å². The molecule has 1 aliphatic rings. The minimum absolute atomic E-state index is 0.0224. The van der Waals surface area contributed by atoms with Crippen LogP contribution in [0.25, 0.3) is 0 Å². The molecule has 1 aliphatic carbocycles. The summed E-state index contributed by atoms with van der Waals surface area (Å²) in [6.45, 7) is 17.0. The van der Waals surface area contributed by atoms with Crippen molar-refractivity contribution in [2.24, 2.45) is 23.7 Å². The van der Waals surface area contributed by atoms with Crippen molar-refractivity contribution in [3.05, 3.63) is 84.0 Å². The average molecular weight is 491 g/mol. The molecule has 0 fully saturated rings. The summed E-state index contributed by atoms with van der Waals surface area (Å²) in [5.41, 5.74) is 2.52. The number of benzene rings is 2. The third-order valence-electron chi connectivity index (χ3n) is 8.10. The number of aliphatic hydroxyl groups excluding tert-OH is 1. The first-order valence-corrected chi connectivity index (χ1v) is 15.2. The van der Waals surface area contributed by atoms with Gasteiger partial charge in [-0.2, -0.15) is 0 Å². The Hall–Kier alpha value is -1.94. The molecule has 2 nitrogen and oxygen atoms in total. The van der Waals surface area contributed by atoms with E-state index >= 15 is 0 Å². The first kappa shape index (κ1) is 27.6. The molecule has 190 valence electrons. The van der Waals surface area contributed by atoms with Crippen molar-refractivity contribution < 1.29 is 9.53 Å². The first-order valence-electron chi connectivity index (χ1n) is 13.3. The monoisotopic (exact) mass is 490 g/mol. The van der Waals surface area contributed by atoms with Crippen LogP contribution in [0.1, 0.15) is 61.3 Å².